The smallest absolute Gasteiger partial charge is 0.162 e. The van der Waals surface area contributed by atoms with Gasteiger partial charge in [-0.2, -0.15) is 0 Å². The second kappa shape index (κ2) is 7.48. The molecule has 0 amide bonds. The average Bonchev–Trinajstić information content (AvgIpc) is 2.74. The lowest BCUT2D eigenvalue weighted by atomic mass is 10.1. The third-order valence-electron chi connectivity index (χ3n) is 4.59. The van der Waals surface area contributed by atoms with Gasteiger partial charge in [-0.25, -0.2) is 4.98 Å². The molecule has 2 N–H and O–H groups in total. The highest BCUT2D eigenvalue weighted by molar-refractivity contribution is 5.95. The van der Waals surface area contributed by atoms with E-state index in [-0.39, 0.29) is 0 Å². The van der Waals surface area contributed by atoms with Crippen molar-refractivity contribution in [3.63, 3.8) is 0 Å². The summed E-state index contributed by atoms with van der Waals surface area (Å²) in [5.74, 6) is 1.97. The highest BCUT2D eigenvalue weighted by atomic mass is 16.5. The van der Waals surface area contributed by atoms with Gasteiger partial charge in [0.1, 0.15) is 5.82 Å². The Bertz CT molecular complexity index is 1060. The van der Waals surface area contributed by atoms with Crippen LogP contribution in [0.25, 0.3) is 10.9 Å². The number of nitrogens with zero attached hydrogens (tertiary/aromatic N) is 2. The summed E-state index contributed by atoms with van der Waals surface area (Å²) >= 11 is 0. The van der Waals surface area contributed by atoms with Gasteiger partial charge in [-0.05, 0) is 30.3 Å². The number of ether oxygens (including phenoxy) is 2. The van der Waals surface area contributed by atoms with Crippen molar-refractivity contribution < 1.29 is 9.47 Å². The van der Waals surface area contributed by atoms with E-state index in [1.165, 1.54) is 0 Å². The molecule has 4 aromatic rings. The van der Waals surface area contributed by atoms with E-state index < -0.39 is 0 Å². The topological polar surface area (TPSA) is 60.6 Å². The average molecular weight is 371 g/mol. The Balaban J connectivity index is 1.94. The third-order valence-corrected chi connectivity index (χ3v) is 4.59. The van der Waals surface area contributed by atoms with Crippen LogP contribution in [0, 0.1) is 0 Å². The molecule has 4 rings (SSSR count). The summed E-state index contributed by atoms with van der Waals surface area (Å²) in [6.07, 6.45) is 0. The molecule has 0 bridgehead atoms. The maximum absolute atomic E-state index is 6.40. The molecule has 0 unspecified atom stereocenters. The first-order chi connectivity index (χ1) is 13.7. The van der Waals surface area contributed by atoms with Gasteiger partial charge in [0.25, 0.3) is 0 Å². The first-order valence-electron chi connectivity index (χ1n) is 8.93. The number of nitrogen functional groups attached to an aromatic ring is 1. The second-order valence-electron chi connectivity index (χ2n) is 6.30. The lowest BCUT2D eigenvalue weighted by Crippen LogP contribution is -2.12. The maximum atomic E-state index is 6.40. The maximum Gasteiger partial charge on any atom is 0.162 e. The Kier molecular flexibility index (Phi) is 4.72. The molecule has 3 aromatic carbocycles. The summed E-state index contributed by atoms with van der Waals surface area (Å²) in [4.78, 5) is 6.96. The number of fused-ring (bicyclic) bond motifs is 1. The molecule has 0 atom stereocenters. The number of pyridine rings is 1. The summed E-state index contributed by atoms with van der Waals surface area (Å²) in [5, 5.41) is 0.822. The van der Waals surface area contributed by atoms with Crippen LogP contribution in [0.3, 0.4) is 0 Å². The van der Waals surface area contributed by atoms with Crippen molar-refractivity contribution in [1.82, 2.24) is 4.98 Å². The molecule has 0 saturated heterocycles. The van der Waals surface area contributed by atoms with Crippen molar-refractivity contribution in [2.45, 2.75) is 0 Å². The van der Waals surface area contributed by atoms with Gasteiger partial charge in [0.2, 0.25) is 0 Å². The van der Waals surface area contributed by atoms with Gasteiger partial charge in [-0.3, -0.25) is 4.90 Å². The number of aromatic nitrogens is 1. The molecule has 0 radical (unpaired) electrons. The summed E-state index contributed by atoms with van der Waals surface area (Å²) in [6.45, 7) is 0. The number of nitrogens with two attached hydrogens (primary N) is 1. The fourth-order valence-corrected chi connectivity index (χ4v) is 3.25. The van der Waals surface area contributed by atoms with E-state index in [0.717, 1.165) is 28.1 Å². The van der Waals surface area contributed by atoms with Gasteiger partial charge in [0.05, 0.1) is 19.7 Å². The van der Waals surface area contributed by atoms with E-state index in [4.69, 9.17) is 20.2 Å². The van der Waals surface area contributed by atoms with Crippen LogP contribution in [0.5, 0.6) is 11.5 Å². The van der Waals surface area contributed by atoms with Gasteiger partial charge >= 0.3 is 0 Å². The van der Waals surface area contributed by atoms with Crippen LogP contribution in [0.4, 0.5) is 22.9 Å². The molecule has 0 saturated carbocycles. The lowest BCUT2D eigenvalue weighted by molar-refractivity contribution is 0.356. The van der Waals surface area contributed by atoms with Crippen LogP contribution in [-0.2, 0) is 0 Å². The van der Waals surface area contributed by atoms with Crippen LogP contribution in [-0.4, -0.2) is 19.2 Å². The van der Waals surface area contributed by atoms with Crippen LogP contribution in [0.2, 0.25) is 0 Å². The molecule has 1 aromatic heterocycles. The number of benzene rings is 3. The third kappa shape index (κ3) is 3.18. The Labute approximate surface area is 164 Å². The molecule has 28 heavy (non-hydrogen) atoms. The zero-order valence-corrected chi connectivity index (χ0v) is 15.8. The molecular weight excluding hydrogens is 350 g/mol. The molecule has 5 heteroatoms. The number of anilines is 4. The van der Waals surface area contributed by atoms with Crippen molar-refractivity contribution in [3.05, 3.63) is 78.9 Å². The Morgan fingerprint density at radius 2 is 1.29 bits per heavy atom. The first-order valence-corrected chi connectivity index (χ1v) is 8.93. The minimum absolute atomic E-state index is 0.616. The molecule has 0 aliphatic heterocycles. The minimum Gasteiger partial charge on any atom is -0.493 e. The van der Waals surface area contributed by atoms with E-state index in [0.29, 0.717) is 17.2 Å². The predicted octanol–water partition coefficient (Wildman–Crippen LogP) is 5.30. The van der Waals surface area contributed by atoms with Crippen molar-refractivity contribution >= 4 is 33.8 Å². The Hall–Kier alpha value is -3.73. The molecule has 0 aliphatic rings. The Morgan fingerprint density at radius 1 is 0.750 bits per heavy atom. The van der Waals surface area contributed by atoms with Crippen molar-refractivity contribution in [2.75, 3.05) is 24.9 Å². The zero-order chi connectivity index (χ0) is 19.5. The summed E-state index contributed by atoms with van der Waals surface area (Å²) in [7, 11) is 3.21. The number of rotatable bonds is 5. The van der Waals surface area contributed by atoms with E-state index in [9.17, 15) is 0 Å². The molecule has 0 aliphatic carbocycles. The number of para-hydroxylation sites is 2. The number of hydrogen-bond acceptors (Lipinski definition) is 5. The molecular formula is C23H21N3O2. The number of methoxy groups -OCH3 is 2. The molecule has 0 spiro atoms. The fourth-order valence-electron chi connectivity index (χ4n) is 3.25. The van der Waals surface area contributed by atoms with Gasteiger partial charge in [0, 0.05) is 34.6 Å². The summed E-state index contributed by atoms with van der Waals surface area (Å²) in [6, 6.07) is 25.8. The van der Waals surface area contributed by atoms with Crippen LogP contribution < -0.4 is 20.1 Å². The van der Waals surface area contributed by atoms with Crippen LogP contribution in [0.15, 0.2) is 78.9 Å². The van der Waals surface area contributed by atoms with Crippen molar-refractivity contribution in [1.29, 1.82) is 0 Å². The molecule has 1 heterocycles. The monoisotopic (exact) mass is 371 g/mol. The SMILES string of the molecule is COc1cc2nc(N(c3ccccc3)c3ccccc3)cc(N)c2cc1OC. The van der Waals surface area contributed by atoms with Crippen molar-refractivity contribution in [2.24, 2.45) is 0 Å². The highest BCUT2D eigenvalue weighted by Crippen LogP contribution is 2.39. The largest absolute Gasteiger partial charge is 0.493 e. The van der Waals surface area contributed by atoms with Crippen molar-refractivity contribution in [3.8, 4) is 11.5 Å². The normalized spacial score (nSPS) is 10.6. The Morgan fingerprint density at radius 3 is 1.82 bits per heavy atom. The molecule has 0 fully saturated rings. The van der Waals surface area contributed by atoms with Crippen LogP contribution >= 0.6 is 0 Å². The van der Waals surface area contributed by atoms with Gasteiger partial charge in [-0.15, -0.1) is 0 Å². The second-order valence-corrected chi connectivity index (χ2v) is 6.30. The quantitative estimate of drug-likeness (QED) is 0.515. The highest BCUT2D eigenvalue weighted by Gasteiger charge is 2.17. The predicted molar refractivity (Wildman–Crippen MR) is 114 cm³/mol. The van der Waals surface area contributed by atoms with E-state index in [2.05, 4.69) is 4.90 Å². The first kappa shape index (κ1) is 17.7. The van der Waals surface area contributed by atoms with Gasteiger partial charge < -0.3 is 15.2 Å². The lowest BCUT2D eigenvalue weighted by Gasteiger charge is -2.25. The minimum atomic E-state index is 0.616. The fraction of sp³-hybridized carbons (Fsp3) is 0.0870. The van der Waals surface area contributed by atoms with E-state index in [1.807, 2.05) is 78.9 Å². The summed E-state index contributed by atoms with van der Waals surface area (Å²) in [5.41, 5.74) is 9.77. The van der Waals surface area contributed by atoms with Gasteiger partial charge in [-0.1, -0.05) is 36.4 Å². The van der Waals surface area contributed by atoms with Gasteiger partial charge in [0.15, 0.2) is 11.5 Å². The zero-order valence-electron chi connectivity index (χ0n) is 15.8. The van der Waals surface area contributed by atoms with Crippen LogP contribution in [0.1, 0.15) is 0 Å². The van der Waals surface area contributed by atoms with E-state index in [1.54, 1.807) is 14.2 Å². The standard InChI is InChI=1S/C23H21N3O2/c1-27-21-13-18-19(24)14-23(25-20(18)15-22(21)28-2)26(16-9-5-3-6-10-16)17-11-7-4-8-12-17/h3-15H,1-2H3,(H2,24,25). The summed E-state index contributed by atoms with van der Waals surface area (Å²) < 4.78 is 10.8. The number of hydrogen-bond donors (Lipinski definition) is 1. The molecule has 5 nitrogen and oxygen atoms in total. The van der Waals surface area contributed by atoms with E-state index >= 15 is 0 Å². The molecule has 140 valence electrons.